The summed E-state index contributed by atoms with van der Waals surface area (Å²) in [6.45, 7) is 1.95. The second kappa shape index (κ2) is 6.48. The van der Waals surface area contributed by atoms with Crippen molar-refractivity contribution in [2.24, 2.45) is 5.73 Å². The minimum atomic E-state index is -0.579. The van der Waals surface area contributed by atoms with E-state index in [1.54, 1.807) is 22.7 Å². The predicted molar refractivity (Wildman–Crippen MR) is 98.4 cm³/mol. The van der Waals surface area contributed by atoms with Crippen LogP contribution in [0.1, 0.15) is 23.2 Å². The number of carbonyl (C=O) groups is 1. The molecule has 7 nitrogen and oxygen atoms in total. The van der Waals surface area contributed by atoms with Crippen molar-refractivity contribution in [2.75, 3.05) is 0 Å². The van der Waals surface area contributed by atoms with Gasteiger partial charge in [-0.15, -0.1) is 10.2 Å². The van der Waals surface area contributed by atoms with E-state index in [0.29, 0.717) is 35.0 Å². The number of imidazole rings is 1. The average molecular weight is 385 g/mol. The number of rotatable bonds is 4. The van der Waals surface area contributed by atoms with E-state index >= 15 is 0 Å². The van der Waals surface area contributed by atoms with Gasteiger partial charge < -0.3 is 5.73 Å². The normalized spacial score (nSPS) is 11.2. The Bertz CT molecular complexity index is 1180. The molecule has 0 bridgehead atoms. The SMILES string of the molecule is CCc1nnc(-c2ccc(F)c(Cl)c2)n1-c1ccc2ncc(C(N)=O)n2c1. The van der Waals surface area contributed by atoms with E-state index < -0.39 is 11.7 Å². The zero-order chi connectivity index (χ0) is 19.1. The molecule has 0 radical (unpaired) electrons. The highest BCUT2D eigenvalue weighted by atomic mass is 35.5. The zero-order valence-corrected chi connectivity index (χ0v) is 15.0. The fourth-order valence-electron chi connectivity index (χ4n) is 2.92. The Morgan fingerprint density at radius 3 is 2.78 bits per heavy atom. The van der Waals surface area contributed by atoms with Crippen LogP contribution in [0.25, 0.3) is 22.7 Å². The largest absolute Gasteiger partial charge is 0.364 e. The zero-order valence-electron chi connectivity index (χ0n) is 14.2. The Balaban J connectivity index is 1.94. The summed E-state index contributed by atoms with van der Waals surface area (Å²) in [4.78, 5) is 15.8. The minimum Gasteiger partial charge on any atom is -0.364 e. The fourth-order valence-corrected chi connectivity index (χ4v) is 3.10. The number of amides is 1. The highest BCUT2D eigenvalue weighted by Gasteiger charge is 2.17. The molecule has 1 amide bonds. The lowest BCUT2D eigenvalue weighted by Gasteiger charge is -2.11. The van der Waals surface area contributed by atoms with Gasteiger partial charge in [-0.1, -0.05) is 18.5 Å². The number of hydrogen-bond donors (Lipinski definition) is 1. The summed E-state index contributed by atoms with van der Waals surface area (Å²) in [5.74, 6) is 0.122. The molecule has 4 aromatic rings. The van der Waals surface area contributed by atoms with E-state index in [0.717, 1.165) is 0 Å². The summed E-state index contributed by atoms with van der Waals surface area (Å²) >= 11 is 5.93. The third kappa shape index (κ3) is 2.83. The van der Waals surface area contributed by atoms with E-state index in [-0.39, 0.29) is 10.7 Å². The van der Waals surface area contributed by atoms with Crippen molar-refractivity contribution in [2.45, 2.75) is 13.3 Å². The third-order valence-electron chi connectivity index (χ3n) is 4.22. The van der Waals surface area contributed by atoms with Crippen LogP contribution in [0.15, 0.2) is 42.7 Å². The third-order valence-corrected chi connectivity index (χ3v) is 4.51. The first kappa shape index (κ1) is 17.2. The molecule has 136 valence electrons. The molecule has 0 saturated carbocycles. The molecule has 2 N–H and O–H groups in total. The molecule has 3 aromatic heterocycles. The monoisotopic (exact) mass is 384 g/mol. The van der Waals surface area contributed by atoms with Crippen LogP contribution in [0.3, 0.4) is 0 Å². The number of aromatic nitrogens is 5. The number of nitrogens with two attached hydrogens (primary N) is 1. The molecule has 0 aliphatic carbocycles. The number of nitrogens with zero attached hydrogens (tertiary/aromatic N) is 5. The van der Waals surface area contributed by atoms with Crippen LogP contribution >= 0.6 is 11.6 Å². The van der Waals surface area contributed by atoms with Gasteiger partial charge in [-0.3, -0.25) is 13.8 Å². The van der Waals surface area contributed by atoms with Crippen LogP contribution < -0.4 is 5.73 Å². The second-order valence-electron chi connectivity index (χ2n) is 5.88. The number of fused-ring (bicyclic) bond motifs is 1. The minimum absolute atomic E-state index is 0.00109. The predicted octanol–water partition coefficient (Wildman–Crippen LogP) is 3.04. The van der Waals surface area contributed by atoms with Crippen molar-refractivity contribution in [3.63, 3.8) is 0 Å². The quantitative estimate of drug-likeness (QED) is 0.585. The molecule has 27 heavy (non-hydrogen) atoms. The van der Waals surface area contributed by atoms with Gasteiger partial charge in [0.25, 0.3) is 5.91 Å². The number of aryl methyl sites for hydroxylation is 1. The van der Waals surface area contributed by atoms with Crippen molar-refractivity contribution < 1.29 is 9.18 Å². The van der Waals surface area contributed by atoms with E-state index in [1.807, 2.05) is 17.6 Å². The van der Waals surface area contributed by atoms with Gasteiger partial charge in [0.15, 0.2) is 5.82 Å². The van der Waals surface area contributed by atoms with Crippen LogP contribution in [0.4, 0.5) is 4.39 Å². The van der Waals surface area contributed by atoms with Crippen molar-refractivity contribution in [1.82, 2.24) is 24.1 Å². The molecule has 4 rings (SSSR count). The second-order valence-corrected chi connectivity index (χ2v) is 6.29. The van der Waals surface area contributed by atoms with Gasteiger partial charge in [0.05, 0.1) is 16.9 Å². The topological polar surface area (TPSA) is 91.1 Å². The summed E-state index contributed by atoms with van der Waals surface area (Å²) in [6.07, 6.45) is 3.78. The lowest BCUT2D eigenvalue weighted by atomic mass is 10.2. The maximum absolute atomic E-state index is 13.5. The molecular weight excluding hydrogens is 371 g/mol. The maximum atomic E-state index is 13.5. The number of pyridine rings is 1. The average Bonchev–Trinajstić information content (AvgIpc) is 3.27. The fraction of sp³-hybridized carbons (Fsp3) is 0.111. The summed E-state index contributed by atoms with van der Waals surface area (Å²) in [5, 5.41) is 8.47. The molecule has 3 heterocycles. The Kier molecular flexibility index (Phi) is 4.12. The van der Waals surface area contributed by atoms with E-state index in [4.69, 9.17) is 17.3 Å². The lowest BCUT2D eigenvalue weighted by molar-refractivity contribution is 0.0995. The molecule has 0 aliphatic heterocycles. The van der Waals surface area contributed by atoms with Gasteiger partial charge in [-0.2, -0.15) is 0 Å². The van der Waals surface area contributed by atoms with Gasteiger partial charge >= 0.3 is 0 Å². The first-order chi connectivity index (χ1) is 13.0. The van der Waals surface area contributed by atoms with Gasteiger partial charge in [0.2, 0.25) is 0 Å². The first-order valence-electron chi connectivity index (χ1n) is 8.16. The van der Waals surface area contributed by atoms with E-state index in [9.17, 15) is 9.18 Å². The molecule has 1 aromatic carbocycles. The van der Waals surface area contributed by atoms with Crippen LogP contribution in [-0.4, -0.2) is 30.1 Å². The molecule has 0 fully saturated rings. The van der Waals surface area contributed by atoms with Crippen molar-refractivity contribution >= 4 is 23.2 Å². The Morgan fingerprint density at radius 1 is 1.26 bits per heavy atom. The Morgan fingerprint density at radius 2 is 2.07 bits per heavy atom. The van der Waals surface area contributed by atoms with Crippen molar-refractivity contribution in [3.05, 3.63) is 65.1 Å². The van der Waals surface area contributed by atoms with Crippen molar-refractivity contribution in [3.8, 4) is 17.1 Å². The van der Waals surface area contributed by atoms with Gasteiger partial charge in [0.1, 0.15) is 23.0 Å². The highest BCUT2D eigenvalue weighted by molar-refractivity contribution is 6.31. The smallest absolute Gasteiger partial charge is 0.267 e. The number of primary amides is 1. The van der Waals surface area contributed by atoms with E-state index in [1.165, 1.54) is 18.3 Å². The summed E-state index contributed by atoms with van der Waals surface area (Å²) < 4.78 is 17.0. The molecule has 0 spiro atoms. The van der Waals surface area contributed by atoms with Crippen LogP contribution in [-0.2, 0) is 6.42 Å². The number of halogens is 2. The maximum Gasteiger partial charge on any atom is 0.267 e. The van der Waals surface area contributed by atoms with Crippen LogP contribution in [0, 0.1) is 5.82 Å². The summed E-state index contributed by atoms with van der Waals surface area (Å²) in [5.41, 5.74) is 7.60. The molecular formula is C18H14ClFN6O. The molecule has 0 saturated heterocycles. The van der Waals surface area contributed by atoms with Gasteiger partial charge in [-0.25, -0.2) is 9.37 Å². The summed E-state index contributed by atoms with van der Waals surface area (Å²) in [6, 6.07) is 7.98. The molecule has 0 unspecified atom stereocenters. The first-order valence-corrected chi connectivity index (χ1v) is 8.54. The molecule has 0 atom stereocenters. The molecule has 9 heteroatoms. The highest BCUT2D eigenvalue weighted by Crippen LogP contribution is 2.27. The van der Waals surface area contributed by atoms with Gasteiger partial charge in [-0.05, 0) is 30.3 Å². The van der Waals surface area contributed by atoms with E-state index in [2.05, 4.69) is 15.2 Å². The van der Waals surface area contributed by atoms with Gasteiger partial charge in [0, 0.05) is 18.2 Å². The number of carbonyl (C=O) groups excluding carboxylic acids is 1. The Hall–Kier alpha value is -3.26. The summed E-state index contributed by atoms with van der Waals surface area (Å²) in [7, 11) is 0. The number of benzene rings is 1. The standard InChI is InChI=1S/C18H14ClFN6O/c1-2-15-23-24-18(10-3-5-13(20)12(19)7-10)26(15)11-4-6-16-22-8-14(17(21)27)25(16)9-11/h3-9H,2H2,1H3,(H2,21,27). The van der Waals surface area contributed by atoms with Crippen LogP contribution in [0.2, 0.25) is 5.02 Å². The van der Waals surface area contributed by atoms with Crippen LogP contribution in [0.5, 0.6) is 0 Å². The lowest BCUT2D eigenvalue weighted by Crippen LogP contribution is -2.14. The Labute approximate surface area is 158 Å². The molecule has 0 aliphatic rings. The van der Waals surface area contributed by atoms with Crippen molar-refractivity contribution in [1.29, 1.82) is 0 Å². The number of hydrogen-bond acceptors (Lipinski definition) is 4.